The molecule has 1 aromatic rings. The molecule has 1 rings (SSSR count). The standard InChI is InChI=1S/C12H14Br2N2/c1-2-3-4-5-12(16-15)10-7-6-9(13)8-11(10)14/h6-8,12,16H,4-5,15H2,1H3. The number of hydrogen-bond donors (Lipinski definition) is 2. The van der Waals surface area contributed by atoms with Gasteiger partial charge in [-0.15, -0.1) is 11.8 Å². The van der Waals surface area contributed by atoms with E-state index < -0.39 is 0 Å². The molecule has 2 nitrogen and oxygen atoms in total. The first kappa shape index (κ1) is 13.7. The number of halogens is 2. The van der Waals surface area contributed by atoms with E-state index in [0.717, 1.165) is 27.4 Å². The van der Waals surface area contributed by atoms with E-state index in [4.69, 9.17) is 5.84 Å². The van der Waals surface area contributed by atoms with Gasteiger partial charge in [0.15, 0.2) is 0 Å². The van der Waals surface area contributed by atoms with E-state index in [1.807, 2.05) is 19.1 Å². The maximum atomic E-state index is 5.56. The average molecular weight is 346 g/mol. The second kappa shape index (κ2) is 7.08. The summed E-state index contributed by atoms with van der Waals surface area (Å²) in [5.74, 6) is 11.5. The molecule has 0 aromatic heterocycles. The van der Waals surface area contributed by atoms with Crippen molar-refractivity contribution in [1.29, 1.82) is 0 Å². The summed E-state index contributed by atoms with van der Waals surface area (Å²) in [5, 5.41) is 0. The predicted molar refractivity (Wildman–Crippen MR) is 74.6 cm³/mol. The monoisotopic (exact) mass is 344 g/mol. The summed E-state index contributed by atoms with van der Waals surface area (Å²) in [7, 11) is 0. The third kappa shape index (κ3) is 3.91. The lowest BCUT2D eigenvalue weighted by Gasteiger charge is -2.16. The number of nitrogens with one attached hydrogen (secondary N) is 1. The summed E-state index contributed by atoms with van der Waals surface area (Å²) in [6.07, 6.45) is 1.74. The van der Waals surface area contributed by atoms with Crippen molar-refractivity contribution in [3.63, 3.8) is 0 Å². The van der Waals surface area contributed by atoms with Gasteiger partial charge >= 0.3 is 0 Å². The summed E-state index contributed by atoms with van der Waals surface area (Å²) in [6.45, 7) is 1.85. The van der Waals surface area contributed by atoms with Crippen molar-refractivity contribution < 1.29 is 0 Å². The van der Waals surface area contributed by atoms with Crippen LogP contribution in [0.25, 0.3) is 0 Å². The van der Waals surface area contributed by atoms with Crippen molar-refractivity contribution in [2.75, 3.05) is 0 Å². The Labute approximate surface area is 113 Å². The lowest BCUT2D eigenvalue weighted by molar-refractivity contribution is 0.522. The number of rotatable bonds is 4. The van der Waals surface area contributed by atoms with E-state index in [1.54, 1.807) is 0 Å². The van der Waals surface area contributed by atoms with Crippen LogP contribution in [0.3, 0.4) is 0 Å². The van der Waals surface area contributed by atoms with Crippen LogP contribution < -0.4 is 11.3 Å². The van der Waals surface area contributed by atoms with Crippen LogP contribution in [-0.2, 0) is 0 Å². The van der Waals surface area contributed by atoms with Gasteiger partial charge in [0.2, 0.25) is 0 Å². The molecule has 16 heavy (non-hydrogen) atoms. The van der Waals surface area contributed by atoms with Gasteiger partial charge in [-0.25, -0.2) is 0 Å². The highest BCUT2D eigenvalue weighted by atomic mass is 79.9. The van der Waals surface area contributed by atoms with Crippen LogP contribution in [0, 0.1) is 11.8 Å². The molecule has 0 aliphatic heterocycles. The fourth-order valence-electron chi connectivity index (χ4n) is 1.45. The van der Waals surface area contributed by atoms with E-state index in [-0.39, 0.29) is 6.04 Å². The van der Waals surface area contributed by atoms with Crippen molar-refractivity contribution in [3.8, 4) is 11.8 Å². The minimum absolute atomic E-state index is 0.128. The molecule has 0 amide bonds. The molecule has 86 valence electrons. The SMILES string of the molecule is CC#CCCC(NN)c1ccc(Br)cc1Br. The van der Waals surface area contributed by atoms with Gasteiger partial charge in [0.25, 0.3) is 0 Å². The summed E-state index contributed by atoms with van der Waals surface area (Å²) in [6, 6.07) is 6.21. The molecule has 3 N–H and O–H groups in total. The smallest absolute Gasteiger partial charge is 0.0480 e. The molecule has 0 aliphatic rings. The normalized spacial score (nSPS) is 11.8. The molecule has 1 unspecified atom stereocenters. The average Bonchev–Trinajstić information content (AvgIpc) is 2.26. The highest BCUT2D eigenvalue weighted by molar-refractivity contribution is 9.11. The summed E-state index contributed by atoms with van der Waals surface area (Å²) in [5.41, 5.74) is 3.98. The Bertz CT molecular complexity index is 407. The Balaban J connectivity index is 2.80. The van der Waals surface area contributed by atoms with Gasteiger partial charge < -0.3 is 0 Å². The Morgan fingerprint density at radius 3 is 2.75 bits per heavy atom. The molecule has 0 bridgehead atoms. The largest absolute Gasteiger partial charge is 0.271 e. The third-order valence-electron chi connectivity index (χ3n) is 2.27. The first-order chi connectivity index (χ1) is 7.69. The van der Waals surface area contributed by atoms with Crippen LogP contribution in [0.5, 0.6) is 0 Å². The Morgan fingerprint density at radius 1 is 1.44 bits per heavy atom. The lowest BCUT2D eigenvalue weighted by Crippen LogP contribution is -2.28. The zero-order valence-electron chi connectivity index (χ0n) is 9.06. The van der Waals surface area contributed by atoms with E-state index in [0.29, 0.717) is 0 Å². The van der Waals surface area contributed by atoms with E-state index in [9.17, 15) is 0 Å². The highest BCUT2D eigenvalue weighted by Gasteiger charge is 2.12. The van der Waals surface area contributed by atoms with Gasteiger partial charge in [-0.05, 0) is 31.0 Å². The third-order valence-corrected chi connectivity index (χ3v) is 3.45. The molecule has 0 heterocycles. The minimum Gasteiger partial charge on any atom is -0.271 e. The first-order valence-electron chi connectivity index (χ1n) is 4.99. The second-order valence-corrected chi connectivity index (χ2v) is 5.12. The molecular weight excluding hydrogens is 332 g/mol. The van der Waals surface area contributed by atoms with Crippen LogP contribution in [0.2, 0.25) is 0 Å². The van der Waals surface area contributed by atoms with Gasteiger partial charge in [-0.3, -0.25) is 11.3 Å². The summed E-state index contributed by atoms with van der Waals surface area (Å²) < 4.78 is 2.10. The van der Waals surface area contributed by atoms with Crippen molar-refractivity contribution in [3.05, 3.63) is 32.7 Å². The lowest BCUT2D eigenvalue weighted by atomic mass is 10.0. The zero-order valence-corrected chi connectivity index (χ0v) is 12.2. The molecule has 0 spiro atoms. The Kier molecular flexibility index (Phi) is 6.07. The zero-order chi connectivity index (χ0) is 12.0. The highest BCUT2D eigenvalue weighted by Crippen LogP contribution is 2.28. The minimum atomic E-state index is 0.128. The Hall–Kier alpha value is -0.340. The maximum absolute atomic E-state index is 5.56. The van der Waals surface area contributed by atoms with Crippen molar-refractivity contribution >= 4 is 31.9 Å². The molecule has 0 aliphatic carbocycles. The molecule has 1 aromatic carbocycles. The van der Waals surface area contributed by atoms with E-state index in [2.05, 4.69) is 55.2 Å². The van der Waals surface area contributed by atoms with Crippen LogP contribution >= 0.6 is 31.9 Å². The number of hydrogen-bond acceptors (Lipinski definition) is 2. The van der Waals surface area contributed by atoms with E-state index >= 15 is 0 Å². The first-order valence-corrected chi connectivity index (χ1v) is 6.58. The molecule has 0 fully saturated rings. The Morgan fingerprint density at radius 2 is 2.19 bits per heavy atom. The van der Waals surface area contributed by atoms with Crippen LogP contribution in [0.15, 0.2) is 27.1 Å². The van der Waals surface area contributed by atoms with Gasteiger partial charge in [0, 0.05) is 21.4 Å². The molecule has 0 radical (unpaired) electrons. The summed E-state index contributed by atoms with van der Waals surface area (Å²) in [4.78, 5) is 0. The fraction of sp³-hybridized carbons (Fsp3) is 0.333. The van der Waals surface area contributed by atoms with Gasteiger partial charge in [0.05, 0.1) is 0 Å². The molecule has 0 saturated carbocycles. The van der Waals surface area contributed by atoms with Crippen molar-refractivity contribution in [1.82, 2.24) is 5.43 Å². The van der Waals surface area contributed by atoms with Gasteiger partial charge in [-0.1, -0.05) is 37.9 Å². The van der Waals surface area contributed by atoms with Crippen molar-refractivity contribution in [2.45, 2.75) is 25.8 Å². The fourth-order valence-corrected chi connectivity index (χ4v) is 2.78. The molecule has 4 heteroatoms. The number of nitrogens with two attached hydrogens (primary N) is 1. The topological polar surface area (TPSA) is 38.0 Å². The van der Waals surface area contributed by atoms with Crippen LogP contribution in [-0.4, -0.2) is 0 Å². The van der Waals surface area contributed by atoms with Gasteiger partial charge in [-0.2, -0.15) is 0 Å². The molecule has 0 saturated heterocycles. The predicted octanol–water partition coefficient (Wildman–Crippen LogP) is 3.52. The van der Waals surface area contributed by atoms with Crippen LogP contribution in [0.4, 0.5) is 0 Å². The van der Waals surface area contributed by atoms with Gasteiger partial charge in [0.1, 0.15) is 0 Å². The number of benzene rings is 1. The maximum Gasteiger partial charge on any atom is 0.0480 e. The second-order valence-electron chi connectivity index (χ2n) is 3.35. The summed E-state index contributed by atoms with van der Waals surface area (Å²) >= 11 is 6.96. The number of hydrazine groups is 1. The molecule has 1 atom stereocenters. The van der Waals surface area contributed by atoms with Crippen molar-refractivity contribution in [2.24, 2.45) is 5.84 Å². The van der Waals surface area contributed by atoms with Crippen LogP contribution in [0.1, 0.15) is 31.4 Å². The van der Waals surface area contributed by atoms with E-state index in [1.165, 1.54) is 0 Å². The quantitative estimate of drug-likeness (QED) is 0.497. The molecular formula is C12H14Br2N2.